The third-order valence-corrected chi connectivity index (χ3v) is 1.28. The van der Waals surface area contributed by atoms with Crippen molar-refractivity contribution in [2.45, 2.75) is 0 Å². The molecule has 0 aliphatic heterocycles. The van der Waals surface area contributed by atoms with Gasteiger partial charge in [-0.3, -0.25) is 0 Å². The highest BCUT2D eigenvalue weighted by Crippen LogP contribution is 2.03. The number of rotatable bonds is 1. The van der Waals surface area contributed by atoms with Gasteiger partial charge in [-0.25, -0.2) is 9.78 Å². The highest BCUT2D eigenvalue weighted by Gasteiger charge is 2.02. The van der Waals surface area contributed by atoms with Gasteiger partial charge in [0.05, 0.1) is 0 Å². The largest absolute Gasteiger partial charge is 0.455 e. The molecule has 0 saturated carbocycles. The van der Waals surface area contributed by atoms with E-state index in [1.54, 1.807) is 12.1 Å². The number of pyridine rings is 1. The van der Waals surface area contributed by atoms with E-state index < -0.39 is 16.6 Å². The highest BCUT2D eigenvalue weighted by atomic mass is 32.2. The molecule has 6 nitrogen and oxygen atoms in total. The van der Waals surface area contributed by atoms with E-state index in [4.69, 9.17) is 0 Å². The Morgan fingerprint density at radius 3 is 2.77 bits per heavy atom. The van der Waals surface area contributed by atoms with Gasteiger partial charge in [-0.05, 0) is 6.07 Å². The lowest BCUT2D eigenvalue weighted by Gasteiger charge is -1.94. The molecule has 0 spiro atoms. The molecule has 0 bridgehead atoms. The Morgan fingerprint density at radius 1 is 1.46 bits per heavy atom. The van der Waals surface area contributed by atoms with E-state index in [0.717, 1.165) is 0 Å². The number of ether oxygens (including phenoxy) is 1. The Balaban J connectivity index is 2.72. The van der Waals surface area contributed by atoms with Gasteiger partial charge in [0.25, 0.3) is 0 Å². The number of hydrogen-bond donors (Lipinski definition) is 0. The van der Waals surface area contributed by atoms with Gasteiger partial charge in [0, 0.05) is 12.3 Å². The molecular weight excluding hydrogens is 196 g/mol. The number of nitrogens with zero attached hydrogens (tertiary/aromatic N) is 2. The Bertz CT molecular complexity index is 417. The molecule has 1 aromatic heterocycles. The van der Waals surface area contributed by atoms with Crippen LogP contribution in [0.25, 0.3) is 0 Å². The SMILES string of the molecule is O=C(N=S(=O)=O)Oc1ccccn1. The summed E-state index contributed by atoms with van der Waals surface area (Å²) in [5.41, 5.74) is 0. The summed E-state index contributed by atoms with van der Waals surface area (Å²) in [6.07, 6.45) is 0.184. The lowest BCUT2D eigenvalue weighted by atomic mass is 10.5. The zero-order chi connectivity index (χ0) is 9.68. The molecule has 0 aliphatic rings. The average Bonchev–Trinajstić information content (AvgIpc) is 2.04. The van der Waals surface area contributed by atoms with Crippen molar-refractivity contribution in [2.75, 3.05) is 0 Å². The maximum atomic E-state index is 10.6. The van der Waals surface area contributed by atoms with Gasteiger partial charge in [0.1, 0.15) is 0 Å². The predicted octanol–water partition coefficient (Wildman–Crippen LogP) is 0.643. The van der Waals surface area contributed by atoms with Crippen LogP contribution in [0.2, 0.25) is 0 Å². The number of carbonyl (C=O) groups excluding carboxylic acids is 1. The van der Waals surface area contributed by atoms with Crippen LogP contribution in [0.15, 0.2) is 28.8 Å². The monoisotopic (exact) mass is 200 g/mol. The van der Waals surface area contributed by atoms with Crippen molar-refractivity contribution < 1.29 is 17.9 Å². The molecule has 0 saturated heterocycles. The first kappa shape index (κ1) is 9.33. The van der Waals surface area contributed by atoms with E-state index in [-0.39, 0.29) is 5.88 Å². The summed E-state index contributed by atoms with van der Waals surface area (Å²) in [4.78, 5) is 14.2. The summed E-state index contributed by atoms with van der Waals surface area (Å²) < 4.78 is 26.8. The Labute approximate surface area is 74.9 Å². The molecule has 0 N–H and O–H groups in total. The fourth-order valence-corrected chi connectivity index (χ4v) is 0.735. The minimum Gasteiger partial charge on any atom is -0.389 e. The van der Waals surface area contributed by atoms with Crippen LogP contribution >= 0.6 is 0 Å². The van der Waals surface area contributed by atoms with E-state index >= 15 is 0 Å². The topological polar surface area (TPSA) is 85.7 Å². The van der Waals surface area contributed by atoms with E-state index in [2.05, 4.69) is 14.1 Å². The highest BCUT2D eigenvalue weighted by molar-refractivity contribution is 7.62. The lowest BCUT2D eigenvalue weighted by molar-refractivity contribution is 0.210. The van der Waals surface area contributed by atoms with Crippen LogP contribution < -0.4 is 4.74 Å². The van der Waals surface area contributed by atoms with Crippen LogP contribution in [-0.2, 0) is 10.5 Å². The average molecular weight is 200 g/mol. The summed E-state index contributed by atoms with van der Waals surface area (Å²) in [7, 11) is -2.80. The molecule has 0 aromatic carbocycles. The van der Waals surface area contributed by atoms with Crippen molar-refractivity contribution in [3.8, 4) is 5.88 Å². The van der Waals surface area contributed by atoms with Gasteiger partial charge in [-0.2, -0.15) is 8.42 Å². The molecule has 1 heterocycles. The second-order valence-corrected chi connectivity index (χ2v) is 2.46. The quantitative estimate of drug-likeness (QED) is 0.664. The molecule has 0 unspecified atom stereocenters. The van der Waals surface area contributed by atoms with Crippen molar-refractivity contribution in [3.63, 3.8) is 0 Å². The third kappa shape index (κ3) is 3.43. The Hall–Kier alpha value is -1.76. The van der Waals surface area contributed by atoms with Crippen molar-refractivity contribution in [3.05, 3.63) is 24.4 Å². The molecule has 0 fully saturated rings. The van der Waals surface area contributed by atoms with E-state index in [0.29, 0.717) is 0 Å². The second-order valence-electron chi connectivity index (χ2n) is 1.84. The van der Waals surface area contributed by atoms with Crippen LogP contribution in [0.1, 0.15) is 0 Å². The number of amides is 1. The van der Waals surface area contributed by atoms with E-state index in [9.17, 15) is 13.2 Å². The Morgan fingerprint density at radius 2 is 2.23 bits per heavy atom. The molecule has 1 aromatic rings. The first-order valence-electron chi connectivity index (χ1n) is 3.12. The molecule has 13 heavy (non-hydrogen) atoms. The smallest absolute Gasteiger partial charge is 0.389 e. The Kier molecular flexibility index (Phi) is 3.09. The van der Waals surface area contributed by atoms with Gasteiger partial charge >= 0.3 is 16.6 Å². The molecule has 68 valence electrons. The molecule has 0 aliphatic carbocycles. The van der Waals surface area contributed by atoms with Crippen LogP contribution in [0.3, 0.4) is 0 Å². The summed E-state index contributed by atoms with van der Waals surface area (Å²) in [6.45, 7) is 0. The molecule has 7 heteroatoms. The molecule has 0 atom stereocenters. The summed E-state index contributed by atoms with van der Waals surface area (Å²) >= 11 is 0. The van der Waals surface area contributed by atoms with Crippen LogP contribution in [0, 0.1) is 0 Å². The standard InChI is InChI=1S/C6H4N2O4S/c9-6(8-13(10)11)12-5-3-1-2-4-7-5/h1-4H. The van der Waals surface area contributed by atoms with E-state index in [1.807, 2.05) is 0 Å². The minimum atomic E-state index is -2.80. The predicted molar refractivity (Wildman–Crippen MR) is 41.6 cm³/mol. The molecular formula is C6H4N2O4S. The maximum Gasteiger partial charge on any atom is 0.455 e. The van der Waals surface area contributed by atoms with Crippen LogP contribution in [-0.4, -0.2) is 19.5 Å². The fraction of sp³-hybridized carbons (Fsp3) is 0. The second kappa shape index (κ2) is 4.31. The summed E-state index contributed by atoms with van der Waals surface area (Å²) in [6, 6.07) is 4.62. The van der Waals surface area contributed by atoms with Crippen LogP contribution in [0.5, 0.6) is 5.88 Å². The number of carbonyl (C=O) groups is 1. The van der Waals surface area contributed by atoms with Gasteiger partial charge in [-0.15, -0.1) is 0 Å². The minimum absolute atomic E-state index is 0.00157. The fourth-order valence-electron chi connectivity index (χ4n) is 0.576. The first-order valence-corrected chi connectivity index (χ1v) is 4.15. The van der Waals surface area contributed by atoms with Crippen molar-refractivity contribution >= 4 is 16.6 Å². The zero-order valence-corrected chi connectivity index (χ0v) is 7.06. The third-order valence-electron chi connectivity index (χ3n) is 0.979. The van der Waals surface area contributed by atoms with Gasteiger partial charge in [-0.1, -0.05) is 10.4 Å². The van der Waals surface area contributed by atoms with E-state index in [1.165, 1.54) is 12.3 Å². The van der Waals surface area contributed by atoms with Crippen molar-refractivity contribution in [2.24, 2.45) is 4.36 Å². The normalized spacial score (nSPS) is 8.92. The summed E-state index contributed by atoms with van der Waals surface area (Å²) in [5, 5.41) is 0. The molecule has 1 rings (SSSR count). The lowest BCUT2D eigenvalue weighted by Crippen LogP contribution is -2.02. The number of hydrogen-bond acceptors (Lipinski definition) is 5. The molecule has 0 radical (unpaired) electrons. The maximum absolute atomic E-state index is 10.6. The van der Waals surface area contributed by atoms with Gasteiger partial charge in [0.2, 0.25) is 5.88 Å². The summed E-state index contributed by atoms with van der Waals surface area (Å²) in [5.74, 6) is 0.00157. The molecule has 1 amide bonds. The zero-order valence-electron chi connectivity index (χ0n) is 6.25. The van der Waals surface area contributed by atoms with Crippen molar-refractivity contribution in [1.82, 2.24) is 4.98 Å². The van der Waals surface area contributed by atoms with Gasteiger partial charge < -0.3 is 4.74 Å². The van der Waals surface area contributed by atoms with Crippen molar-refractivity contribution in [1.29, 1.82) is 0 Å². The van der Waals surface area contributed by atoms with Crippen LogP contribution in [0.4, 0.5) is 4.79 Å². The van der Waals surface area contributed by atoms with Gasteiger partial charge in [0.15, 0.2) is 0 Å². The number of aromatic nitrogens is 1. The first-order chi connectivity index (χ1) is 6.18.